The number of benzene rings is 2. The molecule has 3 aromatic rings. The van der Waals surface area contributed by atoms with Crippen molar-refractivity contribution in [3.05, 3.63) is 70.9 Å². The first-order valence-electron chi connectivity index (χ1n) is 14.0. The van der Waals surface area contributed by atoms with E-state index >= 15 is 0 Å². The van der Waals surface area contributed by atoms with Crippen molar-refractivity contribution in [3.63, 3.8) is 0 Å². The molecule has 5 rings (SSSR count). The number of amides is 2. The van der Waals surface area contributed by atoms with Gasteiger partial charge in [0.1, 0.15) is 0 Å². The van der Waals surface area contributed by atoms with Gasteiger partial charge in [-0.25, -0.2) is 4.79 Å². The molecule has 0 unspecified atom stereocenters. The summed E-state index contributed by atoms with van der Waals surface area (Å²) < 4.78 is 2.62. The molecule has 2 aromatic carbocycles. The van der Waals surface area contributed by atoms with E-state index in [-0.39, 0.29) is 12.1 Å². The van der Waals surface area contributed by atoms with Gasteiger partial charge in [0, 0.05) is 60.8 Å². The largest absolute Gasteiger partial charge is 0.344 e. The third kappa shape index (κ3) is 4.54. The van der Waals surface area contributed by atoms with Crippen LogP contribution in [-0.4, -0.2) is 59.2 Å². The summed E-state index contributed by atoms with van der Waals surface area (Å²) in [5.74, 6) is 0.446. The Hall–Kier alpha value is -2.79. The molecule has 2 aliphatic rings. The quantitative estimate of drug-likeness (QED) is 0.450. The number of fused-ring (bicyclic) bond motifs is 2. The van der Waals surface area contributed by atoms with Gasteiger partial charge < -0.3 is 19.7 Å². The highest BCUT2D eigenvalue weighted by Crippen LogP contribution is 2.45. The second-order valence-corrected chi connectivity index (χ2v) is 10.7. The Bertz CT molecular complexity index is 1200. The standard InChI is InChI=1S/C31H42N4O/c1-5-18-35-27(17-16-22-12-9-8-10-13-22)26-20-29-25(24-14-11-15-28(35)30(24)26)19-23(21-33(29)4)32-31(36)34(6-2)7-3/h8-15,23,25,29H,5-7,16-21H2,1-4H3,(H,32,36)/t23-,25+,29+/m0/s1. The zero-order chi connectivity index (χ0) is 25.2. The van der Waals surface area contributed by atoms with E-state index in [0.717, 1.165) is 58.3 Å². The van der Waals surface area contributed by atoms with Crippen LogP contribution in [0.25, 0.3) is 10.9 Å². The molecular weight excluding hydrogens is 444 g/mol. The number of carbonyl (C=O) groups is 1. The summed E-state index contributed by atoms with van der Waals surface area (Å²) >= 11 is 0. The lowest BCUT2D eigenvalue weighted by Crippen LogP contribution is -2.56. The Labute approximate surface area is 216 Å². The third-order valence-corrected chi connectivity index (χ3v) is 8.55. The zero-order valence-electron chi connectivity index (χ0n) is 22.5. The minimum atomic E-state index is 0.0730. The van der Waals surface area contributed by atoms with Gasteiger partial charge in [-0.2, -0.15) is 0 Å². The van der Waals surface area contributed by atoms with Crippen molar-refractivity contribution in [1.29, 1.82) is 0 Å². The number of likely N-dealkylation sites (tertiary alicyclic amines) is 1. The summed E-state index contributed by atoms with van der Waals surface area (Å²) in [4.78, 5) is 17.2. The minimum Gasteiger partial charge on any atom is -0.344 e. The first-order valence-corrected chi connectivity index (χ1v) is 14.0. The van der Waals surface area contributed by atoms with Crippen LogP contribution in [0.3, 0.4) is 0 Å². The molecule has 2 heterocycles. The lowest BCUT2D eigenvalue weighted by molar-refractivity contribution is 0.124. The summed E-state index contributed by atoms with van der Waals surface area (Å²) in [6, 6.07) is 18.6. The number of hydrogen-bond donors (Lipinski definition) is 1. The SMILES string of the molecule is CCCn1c(CCc2ccccc2)c2c3c(cccc31)[C@H]1C[C@H](NC(=O)N(CC)CC)CN(C)[C@@H]1C2. The first-order chi connectivity index (χ1) is 17.5. The molecule has 192 valence electrons. The Morgan fingerprint density at radius 2 is 1.81 bits per heavy atom. The summed E-state index contributed by atoms with van der Waals surface area (Å²) in [7, 11) is 2.26. The number of aryl methyl sites for hydroxylation is 2. The van der Waals surface area contributed by atoms with Gasteiger partial charge in [-0.05, 0) is 75.8 Å². The fourth-order valence-corrected chi connectivity index (χ4v) is 6.82. The number of carbonyl (C=O) groups excluding carboxylic acids is 1. The van der Waals surface area contributed by atoms with Gasteiger partial charge in [-0.3, -0.25) is 0 Å². The minimum absolute atomic E-state index is 0.0730. The Morgan fingerprint density at radius 3 is 2.53 bits per heavy atom. The topological polar surface area (TPSA) is 40.5 Å². The molecule has 1 aliphatic heterocycles. The van der Waals surface area contributed by atoms with Gasteiger partial charge in [0.15, 0.2) is 0 Å². The number of piperidine rings is 1. The molecule has 5 nitrogen and oxygen atoms in total. The maximum absolute atomic E-state index is 12.8. The van der Waals surface area contributed by atoms with Crippen LogP contribution in [0.4, 0.5) is 4.79 Å². The predicted octanol–water partition coefficient (Wildman–Crippen LogP) is 5.60. The van der Waals surface area contributed by atoms with E-state index < -0.39 is 0 Å². The van der Waals surface area contributed by atoms with Crippen LogP contribution in [0, 0.1) is 0 Å². The van der Waals surface area contributed by atoms with Crippen molar-refractivity contribution in [1.82, 2.24) is 19.7 Å². The van der Waals surface area contributed by atoms with Crippen LogP contribution in [0.5, 0.6) is 0 Å². The van der Waals surface area contributed by atoms with Crippen LogP contribution in [0.1, 0.15) is 61.9 Å². The monoisotopic (exact) mass is 486 g/mol. The van der Waals surface area contributed by atoms with Gasteiger partial charge in [0.25, 0.3) is 0 Å². The normalized spacial score (nSPS) is 21.4. The highest BCUT2D eigenvalue weighted by molar-refractivity contribution is 5.90. The first kappa shape index (κ1) is 24.9. The summed E-state index contributed by atoms with van der Waals surface area (Å²) in [6.07, 6.45) is 5.41. The van der Waals surface area contributed by atoms with E-state index in [0.29, 0.717) is 12.0 Å². The van der Waals surface area contributed by atoms with Crippen LogP contribution in [0.2, 0.25) is 0 Å². The number of aromatic nitrogens is 1. The van der Waals surface area contributed by atoms with Crippen LogP contribution in [0.15, 0.2) is 48.5 Å². The average molecular weight is 487 g/mol. The van der Waals surface area contributed by atoms with Crippen molar-refractivity contribution in [2.75, 3.05) is 26.7 Å². The van der Waals surface area contributed by atoms with Crippen LogP contribution in [-0.2, 0) is 25.8 Å². The average Bonchev–Trinajstić information content (AvgIpc) is 3.18. The van der Waals surface area contributed by atoms with Crippen LogP contribution < -0.4 is 5.32 Å². The molecule has 1 aromatic heterocycles. The Kier molecular flexibility index (Phi) is 7.38. The molecule has 5 heteroatoms. The number of nitrogens with zero attached hydrogens (tertiary/aromatic N) is 3. The van der Waals surface area contributed by atoms with Crippen molar-refractivity contribution < 1.29 is 4.79 Å². The second kappa shape index (κ2) is 10.7. The maximum atomic E-state index is 12.8. The van der Waals surface area contributed by atoms with Crippen molar-refractivity contribution in [2.45, 2.75) is 77.4 Å². The summed E-state index contributed by atoms with van der Waals surface area (Å²) in [5.41, 5.74) is 7.41. The predicted molar refractivity (Wildman–Crippen MR) is 149 cm³/mol. The van der Waals surface area contributed by atoms with Crippen LogP contribution >= 0.6 is 0 Å². The third-order valence-electron chi connectivity index (χ3n) is 8.55. The molecule has 36 heavy (non-hydrogen) atoms. The summed E-state index contributed by atoms with van der Waals surface area (Å²) in [6.45, 7) is 9.85. The van der Waals surface area contributed by atoms with Crippen molar-refractivity contribution >= 4 is 16.9 Å². The molecule has 0 bridgehead atoms. The maximum Gasteiger partial charge on any atom is 0.317 e. The van der Waals surface area contributed by atoms with Gasteiger partial charge in [-0.1, -0.05) is 49.4 Å². The molecule has 3 atom stereocenters. The Morgan fingerprint density at radius 1 is 1.03 bits per heavy atom. The Balaban J connectivity index is 1.49. The van der Waals surface area contributed by atoms with E-state index in [4.69, 9.17) is 0 Å². The highest BCUT2D eigenvalue weighted by atomic mass is 16.2. The number of rotatable bonds is 8. The lowest BCUT2D eigenvalue weighted by atomic mass is 9.73. The fourth-order valence-electron chi connectivity index (χ4n) is 6.82. The molecular formula is C31H42N4O. The van der Waals surface area contributed by atoms with Crippen molar-refractivity contribution in [3.8, 4) is 0 Å². The second-order valence-electron chi connectivity index (χ2n) is 10.7. The molecule has 0 spiro atoms. The van der Waals surface area contributed by atoms with E-state index in [1.807, 2.05) is 18.7 Å². The van der Waals surface area contributed by atoms with E-state index in [1.54, 1.807) is 5.56 Å². The molecule has 1 N–H and O–H groups in total. The van der Waals surface area contributed by atoms with E-state index in [9.17, 15) is 4.79 Å². The number of likely N-dealkylation sites (N-methyl/N-ethyl adjacent to an activating group) is 1. The number of nitrogens with one attached hydrogen (secondary N) is 1. The van der Waals surface area contributed by atoms with E-state index in [1.165, 1.54) is 27.7 Å². The molecule has 0 radical (unpaired) electrons. The molecule has 1 aliphatic carbocycles. The molecule has 1 saturated heterocycles. The molecule has 1 fully saturated rings. The van der Waals surface area contributed by atoms with E-state index in [2.05, 4.69) is 77.3 Å². The molecule has 0 saturated carbocycles. The van der Waals surface area contributed by atoms with Crippen molar-refractivity contribution in [2.24, 2.45) is 0 Å². The summed E-state index contributed by atoms with van der Waals surface area (Å²) in [5, 5.41) is 4.86. The van der Waals surface area contributed by atoms with Gasteiger partial charge in [0.2, 0.25) is 0 Å². The van der Waals surface area contributed by atoms with Gasteiger partial charge in [-0.15, -0.1) is 0 Å². The highest BCUT2D eigenvalue weighted by Gasteiger charge is 2.41. The zero-order valence-corrected chi connectivity index (χ0v) is 22.5. The number of urea groups is 1. The lowest BCUT2D eigenvalue weighted by Gasteiger charge is -2.46. The van der Waals surface area contributed by atoms with Gasteiger partial charge >= 0.3 is 6.03 Å². The fraction of sp³-hybridized carbons (Fsp3) is 0.516. The number of hydrogen-bond acceptors (Lipinski definition) is 2. The molecule has 2 amide bonds. The van der Waals surface area contributed by atoms with Gasteiger partial charge in [0.05, 0.1) is 0 Å². The smallest absolute Gasteiger partial charge is 0.317 e.